The maximum Gasteiger partial charge on any atom is 0.338 e. The van der Waals surface area contributed by atoms with Gasteiger partial charge in [0.2, 0.25) is 5.78 Å². The zero-order chi connectivity index (χ0) is 46.1. The summed E-state index contributed by atoms with van der Waals surface area (Å²) in [6, 6.07) is 15.1. The third-order valence-corrected chi connectivity index (χ3v) is 14.0. The second-order valence-corrected chi connectivity index (χ2v) is 17.8. The molecule has 0 aromatic heterocycles. The van der Waals surface area contributed by atoms with Crippen LogP contribution in [0.3, 0.4) is 0 Å². The molecule has 3 aliphatic carbocycles. The molecule has 0 spiro atoms. The fourth-order valence-electron chi connectivity index (χ4n) is 10.4. The van der Waals surface area contributed by atoms with Gasteiger partial charge in [0, 0.05) is 54.4 Å². The molecule has 4 aliphatic rings. The van der Waals surface area contributed by atoms with Crippen LogP contribution in [0.15, 0.2) is 95.8 Å². The van der Waals surface area contributed by atoms with Crippen molar-refractivity contribution >= 4 is 35.4 Å². The number of rotatable bonds is 15. The van der Waals surface area contributed by atoms with Gasteiger partial charge in [-0.1, -0.05) is 94.5 Å². The van der Waals surface area contributed by atoms with Gasteiger partial charge in [0.05, 0.1) is 42.4 Å². The molecular weight excluding hydrogens is 811 g/mol. The van der Waals surface area contributed by atoms with Crippen molar-refractivity contribution < 1.29 is 63.0 Å². The first kappa shape index (κ1) is 47.2. The van der Waals surface area contributed by atoms with Crippen LogP contribution in [0, 0.1) is 28.1 Å². The highest BCUT2D eigenvalue weighted by molar-refractivity contribution is 6.03. The van der Waals surface area contributed by atoms with E-state index in [4.69, 9.17) is 18.9 Å². The summed E-state index contributed by atoms with van der Waals surface area (Å²) < 4.78 is 24.1. The lowest BCUT2D eigenvalue weighted by atomic mass is 9.42. The van der Waals surface area contributed by atoms with Crippen LogP contribution in [0.1, 0.15) is 103 Å². The predicted octanol–water partition coefficient (Wildman–Crippen LogP) is 5.20. The van der Waals surface area contributed by atoms with Gasteiger partial charge in [-0.15, -0.1) is 0 Å². The second-order valence-electron chi connectivity index (χ2n) is 17.8. The summed E-state index contributed by atoms with van der Waals surface area (Å²) in [6.07, 6.45) is -0.742. The van der Waals surface area contributed by atoms with E-state index in [0.717, 1.165) is 6.92 Å². The van der Waals surface area contributed by atoms with E-state index in [1.807, 2.05) is 6.92 Å². The number of nitrogens with one attached hydrogen (secondary N) is 1. The number of hydrogen-bond acceptors (Lipinski definition) is 13. The Morgan fingerprint density at radius 3 is 2.17 bits per heavy atom. The van der Waals surface area contributed by atoms with E-state index >= 15 is 4.79 Å². The molecule has 63 heavy (non-hydrogen) atoms. The normalized spacial score (nSPS) is 32.2. The van der Waals surface area contributed by atoms with Crippen LogP contribution < -0.4 is 5.32 Å². The zero-order valence-electron chi connectivity index (χ0n) is 36.9. The monoisotopic (exact) mass is 869 g/mol. The molecular formula is C49H59NO13. The number of carbonyl (C=O) groups excluding carboxylic acids is 6. The molecule has 4 N–H and O–H groups in total. The van der Waals surface area contributed by atoms with Gasteiger partial charge in [0.15, 0.2) is 11.9 Å². The average Bonchev–Trinajstić information content (AvgIpc) is 3.99. The lowest BCUT2D eigenvalue weighted by Crippen LogP contribution is -2.77. The van der Waals surface area contributed by atoms with Crippen molar-refractivity contribution in [3.8, 4) is 0 Å². The summed E-state index contributed by atoms with van der Waals surface area (Å²) in [7, 11) is 0. The minimum Gasteiger partial charge on any atom is -0.464 e. The molecule has 14 heteroatoms. The topological polar surface area (TPSA) is 212 Å². The minimum atomic E-state index is -2.33. The van der Waals surface area contributed by atoms with E-state index in [1.165, 1.54) is 19.1 Å². The summed E-state index contributed by atoms with van der Waals surface area (Å²) in [5, 5.41) is 40.3. The maximum atomic E-state index is 15.3. The summed E-state index contributed by atoms with van der Waals surface area (Å²) >= 11 is 0. The number of benzene rings is 2. The number of fused-ring (bicyclic) bond motifs is 3. The zero-order valence-corrected chi connectivity index (χ0v) is 36.9. The van der Waals surface area contributed by atoms with E-state index in [-0.39, 0.29) is 48.5 Å². The number of ketones is 2. The van der Waals surface area contributed by atoms with Crippen LogP contribution in [-0.2, 0) is 42.9 Å². The standard InChI is InChI=1S/C49H59NO13/c1-8-17-30(18-9-2)43(56)50-37(29-19-13-11-14-20-29)38(54)45(58)60-24-23-49(59)42(63-44(57)31-21-15-12-16-22-31)40-47(7,35(53)26-36-48(40,27-61-36)33-25-34(33)52)41(55)39(62-28(4)51)32(10-3)46(49,5)6/h8,11-22,33,35-38,40,42,53-54,59H,9-10,23-27H2,1-7H3,(H,50,56)/b17-8?,30-18?,39-32+. The van der Waals surface area contributed by atoms with Gasteiger partial charge in [0.25, 0.3) is 5.91 Å². The lowest BCUT2D eigenvalue weighted by molar-refractivity contribution is -0.321. The Morgan fingerprint density at radius 2 is 1.63 bits per heavy atom. The molecule has 2 aromatic carbocycles. The molecule has 2 saturated carbocycles. The van der Waals surface area contributed by atoms with Gasteiger partial charge in [-0.25, -0.2) is 9.59 Å². The Morgan fingerprint density at radius 1 is 1.00 bits per heavy atom. The Balaban J connectivity index is 1.47. The maximum absolute atomic E-state index is 15.3. The third-order valence-electron chi connectivity index (χ3n) is 14.0. The Kier molecular flexibility index (Phi) is 13.8. The average molecular weight is 870 g/mol. The number of aliphatic hydroxyl groups excluding tert-OH is 2. The van der Waals surface area contributed by atoms with E-state index in [9.17, 15) is 39.3 Å². The highest BCUT2D eigenvalue weighted by Crippen LogP contribution is 2.69. The smallest absolute Gasteiger partial charge is 0.338 e. The number of ether oxygens (including phenoxy) is 4. The van der Waals surface area contributed by atoms with Crippen LogP contribution in [0.25, 0.3) is 0 Å². The summed E-state index contributed by atoms with van der Waals surface area (Å²) in [6.45, 7) is 10.5. The van der Waals surface area contributed by atoms with Gasteiger partial charge >= 0.3 is 17.9 Å². The molecule has 1 amide bonds. The van der Waals surface area contributed by atoms with Gasteiger partial charge in [-0.05, 0) is 50.0 Å². The molecule has 2 aromatic rings. The summed E-state index contributed by atoms with van der Waals surface area (Å²) in [4.78, 5) is 83.2. The summed E-state index contributed by atoms with van der Waals surface area (Å²) in [5.74, 6) is -6.63. The number of esters is 3. The highest BCUT2D eigenvalue weighted by atomic mass is 16.6. The van der Waals surface area contributed by atoms with Crippen LogP contribution in [0.2, 0.25) is 0 Å². The van der Waals surface area contributed by atoms with Crippen LogP contribution >= 0.6 is 0 Å². The first-order chi connectivity index (χ1) is 29.8. The fraction of sp³-hybridized carbons (Fsp3) is 0.510. The van der Waals surface area contributed by atoms with Crippen molar-refractivity contribution in [1.29, 1.82) is 0 Å². The molecule has 3 fully saturated rings. The minimum absolute atomic E-state index is 0.0382. The SMILES string of the molecule is CC=CC(=CCC)C(=O)NC(c1ccccc1)C(O)C(=O)OCCC1(O)C(OC(=O)c2ccccc2)C2C(C)(C(=O)/C(OC(C)=O)=C(/CC)C1(C)C)C(O)CC1OCC12C1CC1=O. The molecule has 0 radical (unpaired) electrons. The van der Waals surface area contributed by atoms with Crippen molar-refractivity contribution in [2.45, 2.75) is 117 Å². The van der Waals surface area contributed by atoms with Gasteiger partial charge in [0.1, 0.15) is 17.5 Å². The van der Waals surface area contributed by atoms with Gasteiger partial charge in [-0.2, -0.15) is 0 Å². The van der Waals surface area contributed by atoms with Crippen molar-refractivity contribution in [3.63, 3.8) is 0 Å². The number of Topliss-reactive ketones (excluding diaryl/α,β-unsaturated/α-hetero) is 2. The molecule has 1 aliphatic heterocycles. The number of aliphatic hydroxyl groups is 3. The molecule has 6 rings (SSSR count). The van der Waals surface area contributed by atoms with Crippen molar-refractivity contribution in [2.24, 2.45) is 28.1 Å². The molecule has 338 valence electrons. The third kappa shape index (κ3) is 8.34. The Labute approximate surface area is 367 Å². The van der Waals surface area contributed by atoms with E-state index in [2.05, 4.69) is 5.32 Å². The number of allylic oxidation sites excluding steroid dienone is 3. The Bertz CT molecular complexity index is 2200. The van der Waals surface area contributed by atoms with Crippen molar-refractivity contribution in [1.82, 2.24) is 5.32 Å². The summed E-state index contributed by atoms with van der Waals surface area (Å²) in [5.41, 5.74) is -6.11. The van der Waals surface area contributed by atoms with Crippen LogP contribution in [0.5, 0.6) is 0 Å². The first-order valence-corrected chi connectivity index (χ1v) is 21.7. The fourth-order valence-corrected chi connectivity index (χ4v) is 10.4. The van der Waals surface area contributed by atoms with Gasteiger partial charge < -0.3 is 39.6 Å². The number of amides is 1. The number of carbonyl (C=O) groups is 6. The molecule has 10 atom stereocenters. The lowest BCUT2D eigenvalue weighted by Gasteiger charge is -2.67. The molecule has 0 bridgehead atoms. The van der Waals surface area contributed by atoms with Crippen LogP contribution in [-0.4, -0.2) is 93.9 Å². The van der Waals surface area contributed by atoms with E-state index in [0.29, 0.717) is 17.6 Å². The molecule has 14 nitrogen and oxygen atoms in total. The predicted molar refractivity (Wildman–Crippen MR) is 228 cm³/mol. The van der Waals surface area contributed by atoms with Crippen molar-refractivity contribution in [2.75, 3.05) is 13.2 Å². The largest absolute Gasteiger partial charge is 0.464 e. The molecule has 10 unspecified atom stereocenters. The number of hydrogen-bond donors (Lipinski definition) is 4. The second kappa shape index (κ2) is 18.4. The Hall–Kier alpha value is -5.28. The molecule has 1 heterocycles. The highest BCUT2D eigenvalue weighted by Gasteiger charge is 2.78. The van der Waals surface area contributed by atoms with Crippen molar-refractivity contribution in [3.05, 3.63) is 107 Å². The first-order valence-electron chi connectivity index (χ1n) is 21.7. The molecule has 1 saturated heterocycles. The van der Waals surface area contributed by atoms with Gasteiger partial charge in [-0.3, -0.25) is 19.2 Å². The quantitative estimate of drug-likeness (QED) is 0.0786. The van der Waals surface area contributed by atoms with Crippen LogP contribution in [0.4, 0.5) is 0 Å². The van der Waals surface area contributed by atoms with E-state index < -0.39 is 107 Å². The van der Waals surface area contributed by atoms with E-state index in [1.54, 1.807) is 94.5 Å².